The summed E-state index contributed by atoms with van der Waals surface area (Å²) in [7, 11) is 0. The maximum atomic E-state index is 13.5. The average molecular weight is 288 g/mol. The molecule has 0 aliphatic rings. The van der Waals surface area contributed by atoms with E-state index >= 15 is 0 Å². The molecule has 3 N–H and O–H groups in total. The number of halogens is 1. The fraction of sp³-hybridized carbons (Fsp3) is 0.0667. The molecule has 0 unspecified atom stereocenters. The van der Waals surface area contributed by atoms with Crippen LogP contribution in [0.4, 0.5) is 10.1 Å². The fourth-order valence-corrected chi connectivity index (χ4v) is 1.92. The van der Waals surface area contributed by atoms with E-state index in [1.807, 2.05) is 12.1 Å². The molecule has 0 saturated carbocycles. The van der Waals surface area contributed by atoms with E-state index in [-0.39, 0.29) is 5.56 Å². The largest absolute Gasteiger partial charge is 0.393 e. The summed E-state index contributed by atoms with van der Waals surface area (Å²) >= 11 is 4.82. The highest BCUT2D eigenvalue weighted by molar-refractivity contribution is 7.80. The number of nitrogens with one attached hydrogen (secondary N) is 1. The number of anilines is 1. The van der Waals surface area contributed by atoms with E-state index in [4.69, 9.17) is 18.0 Å². The second-order valence-electron chi connectivity index (χ2n) is 4.27. The van der Waals surface area contributed by atoms with Gasteiger partial charge in [-0.25, -0.2) is 4.39 Å². The number of benzene rings is 2. The highest BCUT2D eigenvalue weighted by Crippen LogP contribution is 2.13. The van der Waals surface area contributed by atoms with Gasteiger partial charge in [-0.1, -0.05) is 36.5 Å². The Morgan fingerprint density at radius 2 is 1.80 bits per heavy atom. The van der Waals surface area contributed by atoms with Crippen LogP contribution in [0.5, 0.6) is 0 Å². The third-order valence-corrected chi connectivity index (χ3v) is 2.85. The molecule has 0 bridgehead atoms. The lowest BCUT2D eigenvalue weighted by atomic mass is 10.1. The van der Waals surface area contributed by atoms with Crippen LogP contribution in [0, 0.1) is 5.82 Å². The molecule has 20 heavy (non-hydrogen) atoms. The molecule has 0 saturated heterocycles. The molecular weight excluding hydrogens is 275 g/mol. The monoisotopic (exact) mass is 288 g/mol. The summed E-state index contributed by atoms with van der Waals surface area (Å²) in [4.78, 5) is 12.3. The van der Waals surface area contributed by atoms with Gasteiger partial charge in [0.25, 0.3) is 5.91 Å². The van der Waals surface area contributed by atoms with Crippen LogP contribution < -0.4 is 11.1 Å². The van der Waals surface area contributed by atoms with Crippen molar-refractivity contribution in [3.8, 4) is 0 Å². The van der Waals surface area contributed by atoms with E-state index in [0.717, 1.165) is 5.56 Å². The smallest absolute Gasteiger partial charge is 0.258 e. The summed E-state index contributed by atoms with van der Waals surface area (Å²) in [6.07, 6.45) is 0.511. The van der Waals surface area contributed by atoms with Crippen molar-refractivity contribution in [1.82, 2.24) is 0 Å². The lowest BCUT2D eigenvalue weighted by Crippen LogP contribution is -2.14. The molecule has 0 aliphatic carbocycles. The first kappa shape index (κ1) is 14.1. The molecule has 102 valence electrons. The summed E-state index contributed by atoms with van der Waals surface area (Å²) in [6, 6.07) is 12.9. The lowest BCUT2D eigenvalue weighted by molar-refractivity contribution is 0.102. The van der Waals surface area contributed by atoms with Gasteiger partial charge in [0, 0.05) is 12.1 Å². The number of amides is 1. The van der Waals surface area contributed by atoms with E-state index in [1.165, 1.54) is 18.2 Å². The van der Waals surface area contributed by atoms with Crippen molar-refractivity contribution in [3.63, 3.8) is 0 Å². The third kappa shape index (κ3) is 3.61. The first-order chi connectivity index (χ1) is 9.56. The Morgan fingerprint density at radius 3 is 2.40 bits per heavy atom. The molecule has 3 nitrogen and oxygen atoms in total. The fourth-order valence-electron chi connectivity index (χ4n) is 1.75. The predicted octanol–water partition coefficient (Wildman–Crippen LogP) is 2.91. The van der Waals surface area contributed by atoms with Crippen molar-refractivity contribution in [2.45, 2.75) is 6.42 Å². The van der Waals surface area contributed by atoms with Crippen molar-refractivity contribution in [3.05, 3.63) is 65.5 Å². The highest BCUT2D eigenvalue weighted by atomic mass is 32.1. The van der Waals surface area contributed by atoms with Crippen LogP contribution in [-0.4, -0.2) is 10.9 Å². The molecule has 0 radical (unpaired) electrons. The maximum absolute atomic E-state index is 13.5. The Hall–Kier alpha value is -2.27. The second-order valence-corrected chi connectivity index (χ2v) is 4.80. The van der Waals surface area contributed by atoms with Gasteiger partial charge in [-0.15, -0.1) is 0 Å². The minimum atomic E-state index is -0.546. The van der Waals surface area contributed by atoms with Crippen LogP contribution in [0.15, 0.2) is 48.5 Å². The molecule has 1 amide bonds. The zero-order chi connectivity index (χ0) is 14.5. The van der Waals surface area contributed by atoms with Gasteiger partial charge < -0.3 is 11.1 Å². The molecule has 2 rings (SSSR count). The quantitative estimate of drug-likeness (QED) is 0.851. The number of nitrogens with two attached hydrogens (primary N) is 1. The summed E-state index contributed by atoms with van der Waals surface area (Å²) in [5.74, 6) is -1.03. The summed E-state index contributed by atoms with van der Waals surface area (Å²) in [5, 5.41) is 2.64. The molecule has 0 fully saturated rings. The number of hydrogen-bond acceptors (Lipinski definition) is 2. The lowest BCUT2D eigenvalue weighted by Gasteiger charge is -2.07. The molecule has 5 heteroatoms. The number of rotatable bonds is 4. The molecule has 0 aromatic heterocycles. The topological polar surface area (TPSA) is 55.1 Å². The Bertz CT molecular complexity index is 641. The van der Waals surface area contributed by atoms with E-state index in [2.05, 4.69) is 5.32 Å². The van der Waals surface area contributed by atoms with E-state index in [9.17, 15) is 9.18 Å². The summed E-state index contributed by atoms with van der Waals surface area (Å²) in [5.41, 5.74) is 7.02. The van der Waals surface area contributed by atoms with Crippen molar-refractivity contribution in [1.29, 1.82) is 0 Å². The standard InChI is InChI=1S/C15H13FN2OS/c16-13-4-2-1-3-12(13)15(19)18-11-7-5-10(6-8-11)9-14(17)20/h1-8H,9H2,(H2,17,20)(H,18,19). The predicted molar refractivity (Wildman–Crippen MR) is 81.3 cm³/mol. The zero-order valence-electron chi connectivity index (χ0n) is 10.6. The molecular formula is C15H13FN2OS. The van der Waals surface area contributed by atoms with E-state index in [0.29, 0.717) is 17.1 Å². The van der Waals surface area contributed by atoms with Gasteiger partial charge in [0.2, 0.25) is 0 Å². The number of carbonyl (C=O) groups is 1. The van der Waals surface area contributed by atoms with E-state index < -0.39 is 11.7 Å². The van der Waals surface area contributed by atoms with Gasteiger partial charge in [-0.05, 0) is 29.8 Å². The Morgan fingerprint density at radius 1 is 1.15 bits per heavy atom. The van der Waals surface area contributed by atoms with Crippen LogP contribution in [0.1, 0.15) is 15.9 Å². The number of thiocarbonyl (C=S) groups is 1. The molecule has 2 aromatic rings. The molecule has 0 atom stereocenters. The van der Waals surface area contributed by atoms with Gasteiger partial charge >= 0.3 is 0 Å². The van der Waals surface area contributed by atoms with Crippen LogP contribution in [0.25, 0.3) is 0 Å². The van der Waals surface area contributed by atoms with Crippen LogP contribution in [0.3, 0.4) is 0 Å². The molecule has 0 spiro atoms. The summed E-state index contributed by atoms with van der Waals surface area (Å²) in [6.45, 7) is 0. The van der Waals surface area contributed by atoms with Gasteiger partial charge in [-0.3, -0.25) is 4.79 Å². The first-order valence-corrected chi connectivity index (χ1v) is 6.40. The Kier molecular flexibility index (Phi) is 4.42. The number of hydrogen-bond donors (Lipinski definition) is 2. The minimum absolute atomic E-state index is 0.0136. The van der Waals surface area contributed by atoms with Gasteiger partial charge in [0.15, 0.2) is 0 Å². The zero-order valence-corrected chi connectivity index (χ0v) is 11.4. The SMILES string of the molecule is NC(=S)Cc1ccc(NC(=O)c2ccccc2F)cc1. The highest BCUT2D eigenvalue weighted by Gasteiger charge is 2.10. The van der Waals surface area contributed by atoms with E-state index in [1.54, 1.807) is 18.2 Å². The molecule has 2 aromatic carbocycles. The third-order valence-electron chi connectivity index (χ3n) is 2.71. The van der Waals surface area contributed by atoms with Crippen molar-refractivity contribution < 1.29 is 9.18 Å². The summed E-state index contributed by atoms with van der Waals surface area (Å²) < 4.78 is 13.5. The first-order valence-electron chi connectivity index (χ1n) is 5.99. The average Bonchev–Trinajstić information content (AvgIpc) is 2.41. The van der Waals surface area contributed by atoms with Crippen LogP contribution in [0.2, 0.25) is 0 Å². The van der Waals surface area contributed by atoms with Crippen molar-refractivity contribution in [2.24, 2.45) is 5.73 Å². The molecule has 0 heterocycles. The minimum Gasteiger partial charge on any atom is -0.393 e. The molecule has 0 aliphatic heterocycles. The van der Waals surface area contributed by atoms with Crippen molar-refractivity contribution >= 4 is 28.8 Å². The number of carbonyl (C=O) groups excluding carboxylic acids is 1. The van der Waals surface area contributed by atoms with Gasteiger partial charge in [-0.2, -0.15) is 0 Å². The Balaban J connectivity index is 2.09. The Labute approximate surface area is 121 Å². The van der Waals surface area contributed by atoms with Crippen molar-refractivity contribution in [2.75, 3.05) is 5.32 Å². The normalized spacial score (nSPS) is 10.1. The van der Waals surface area contributed by atoms with Gasteiger partial charge in [0.1, 0.15) is 5.82 Å². The van der Waals surface area contributed by atoms with Crippen LogP contribution in [-0.2, 0) is 6.42 Å². The maximum Gasteiger partial charge on any atom is 0.258 e. The van der Waals surface area contributed by atoms with Gasteiger partial charge in [0.05, 0.1) is 10.6 Å². The second kappa shape index (κ2) is 6.25. The van der Waals surface area contributed by atoms with Crippen LogP contribution >= 0.6 is 12.2 Å².